The summed E-state index contributed by atoms with van der Waals surface area (Å²) in [5, 5.41) is 12.4. The van der Waals surface area contributed by atoms with Gasteiger partial charge in [0.1, 0.15) is 5.58 Å². The molecular formula is C16H19NO4. The Labute approximate surface area is 122 Å². The van der Waals surface area contributed by atoms with Crippen LogP contribution in [0.4, 0.5) is 0 Å². The summed E-state index contributed by atoms with van der Waals surface area (Å²) in [6, 6.07) is 7.42. The van der Waals surface area contributed by atoms with Gasteiger partial charge in [0.05, 0.1) is 0 Å². The summed E-state index contributed by atoms with van der Waals surface area (Å²) < 4.78 is 5.60. The van der Waals surface area contributed by atoms with Crippen molar-refractivity contribution >= 4 is 22.8 Å². The summed E-state index contributed by atoms with van der Waals surface area (Å²) in [5.41, 5.74) is 1.51. The van der Waals surface area contributed by atoms with Crippen LogP contribution in [0.2, 0.25) is 0 Å². The standard InChI is InChI=1S/C16H19NO4/c1-10(6-5-9-14(18)19)17-16(20)15-11(2)12-7-3-4-8-13(12)21-15/h3-4,7-8,10H,5-6,9H2,1-2H3,(H,17,20)(H,18,19). The van der Waals surface area contributed by atoms with Crippen LogP contribution < -0.4 is 5.32 Å². The zero-order valence-electron chi connectivity index (χ0n) is 12.2. The van der Waals surface area contributed by atoms with E-state index in [9.17, 15) is 9.59 Å². The van der Waals surface area contributed by atoms with E-state index in [1.165, 1.54) is 0 Å². The number of carbonyl (C=O) groups excluding carboxylic acids is 1. The molecule has 0 saturated heterocycles. The number of nitrogens with one attached hydrogen (secondary N) is 1. The molecule has 1 unspecified atom stereocenters. The van der Waals surface area contributed by atoms with Crippen LogP contribution >= 0.6 is 0 Å². The molecule has 112 valence electrons. The van der Waals surface area contributed by atoms with Crippen LogP contribution in [0, 0.1) is 6.92 Å². The smallest absolute Gasteiger partial charge is 0.303 e. The summed E-state index contributed by atoms with van der Waals surface area (Å²) in [5.74, 6) is -0.755. The monoisotopic (exact) mass is 289 g/mol. The molecule has 0 aliphatic heterocycles. The summed E-state index contributed by atoms with van der Waals surface area (Å²) in [4.78, 5) is 22.7. The topological polar surface area (TPSA) is 79.5 Å². The quantitative estimate of drug-likeness (QED) is 0.856. The molecule has 0 aliphatic rings. The van der Waals surface area contributed by atoms with Crippen molar-refractivity contribution in [1.29, 1.82) is 0 Å². The molecule has 1 heterocycles. The number of hydrogen-bond acceptors (Lipinski definition) is 3. The fourth-order valence-corrected chi connectivity index (χ4v) is 2.31. The Morgan fingerprint density at radius 2 is 2.05 bits per heavy atom. The molecular weight excluding hydrogens is 270 g/mol. The third-order valence-electron chi connectivity index (χ3n) is 3.46. The molecule has 21 heavy (non-hydrogen) atoms. The van der Waals surface area contributed by atoms with Gasteiger partial charge >= 0.3 is 5.97 Å². The van der Waals surface area contributed by atoms with Gasteiger partial charge in [0.2, 0.25) is 0 Å². The minimum atomic E-state index is -0.818. The maximum absolute atomic E-state index is 12.2. The number of aliphatic carboxylic acids is 1. The number of carboxylic acids is 1. The SMILES string of the molecule is Cc1c(C(=O)NC(C)CCCC(=O)O)oc2ccccc12. The van der Waals surface area contributed by atoms with Crippen molar-refractivity contribution in [1.82, 2.24) is 5.32 Å². The number of amides is 1. The third kappa shape index (κ3) is 3.62. The first kappa shape index (κ1) is 15.1. The Morgan fingerprint density at radius 3 is 2.71 bits per heavy atom. The number of aryl methyl sites for hydroxylation is 1. The van der Waals surface area contributed by atoms with Gasteiger partial charge in [-0.25, -0.2) is 0 Å². The Bertz CT molecular complexity index is 659. The Balaban J connectivity index is 2.01. The van der Waals surface area contributed by atoms with Gasteiger partial charge in [0.15, 0.2) is 5.76 Å². The number of benzene rings is 1. The van der Waals surface area contributed by atoms with Crippen molar-refractivity contribution < 1.29 is 19.1 Å². The van der Waals surface area contributed by atoms with E-state index in [2.05, 4.69) is 5.32 Å². The van der Waals surface area contributed by atoms with E-state index in [4.69, 9.17) is 9.52 Å². The molecule has 0 spiro atoms. The molecule has 0 bridgehead atoms. The molecule has 2 N–H and O–H groups in total. The van der Waals surface area contributed by atoms with Crippen LogP contribution in [0.5, 0.6) is 0 Å². The highest BCUT2D eigenvalue weighted by Crippen LogP contribution is 2.24. The summed E-state index contributed by atoms with van der Waals surface area (Å²) in [6.45, 7) is 3.72. The molecule has 2 aromatic rings. The van der Waals surface area contributed by atoms with E-state index in [0.717, 1.165) is 10.9 Å². The fourth-order valence-electron chi connectivity index (χ4n) is 2.31. The van der Waals surface area contributed by atoms with E-state index in [-0.39, 0.29) is 18.4 Å². The van der Waals surface area contributed by atoms with E-state index in [1.54, 1.807) is 0 Å². The maximum Gasteiger partial charge on any atom is 0.303 e. The Kier molecular flexibility index (Phi) is 4.62. The lowest BCUT2D eigenvalue weighted by atomic mass is 10.1. The first-order chi connectivity index (χ1) is 9.99. The van der Waals surface area contributed by atoms with Gasteiger partial charge < -0.3 is 14.8 Å². The first-order valence-electron chi connectivity index (χ1n) is 7.00. The minimum Gasteiger partial charge on any atom is -0.481 e. The Hall–Kier alpha value is -2.30. The van der Waals surface area contributed by atoms with Crippen LogP contribution in [0.15, 0.2) is 28.7 Å². The lowest BCUT2D eigenvalue weighted by Crippen LogP contribution is -2.32. The van der Waals surface area contributed by atoms with Crippen LogP contribution in [0.1, 0.15) is 42.3 Å². The predicted molar refractivity (Wildman–Crippen MR) is 79.4 cm³/mol. The van der Waals surface area contributed by atoms with Crippen LogP contribution in [0.3, 0.4) is 0 Å². The molecule has 1 atom stereocenters. The van der Waals surface area contributed by atoms with Crippen molar-refractivity contribution in [3.8, 4) is 0 Å². The summed E-state index contributed by atoms with van der Waals surface area (Å²) in [7, 11) is 0. The molecule has 1 aromatic carbocycles. The van der Waals surface area contributed by atoms with Crippen molar-refractivity contribution in [2.75, 3.05) is 0 Å². The highest BCUT2D eigenvalue weighted by Gasteiger charge is 2.18. The largest absolute Gasteiger partial charge is 0.481 e. The minimum absolute atomic E-state index is 0.0931. The number of fused-ring (bicyclic) bond motifs is 1. The molecule has 1 aromatic heterocycles. The lowest BCUT2D eigenvalue weighted by Gasteiger charge is -2.12. The number of para-hydroxylation sites is 1. The molecule has 0 radical (unpaired) electrons. The number of rotatable bonds is 6. The van der Waals surface area contributed by atoms with Crippen molar-refractivity contribution in [2.24, 2.45) is 0 Å². The second-order valence-electron chi connectivity index (χ2n) is 5.21. The van der Waals surface area contributed by atoms with Crippen LogP contribution in [-0.4, -0.2) is 23.0 Å². The maximum atomic E-state index is 12.2. The van der Waals surface area contributed by atoms with E-state index >= 15 is 0 Å². The average molecular weight is 289 g/mol. The first-order valence-corrected chi connectivity index (χ1v) is 7.00. The number of carboxylic acid groups (broad SMARTS) is 1. The predicted octanol–water partition coefficient (Wildman–Crippen LogP) is 3.11. The van der Waals surface area contributed by atoms with Gasteiger partial charge in [-0.3, -0.25) is 9.59 Å². The summed E-state index contributed by atoms with van der Waals surface area (Å²) >= 11 is 0. The summed E-state index contributed by atoms with van der Waals surface area (Å²) in [6.07, 6.45) is 1.27. The van der Waals surface area contributed by atoms with Crippen LogP contribution in [-0.2, 0) is 4.79 Å². The van der Waals surface area contributed by atoms with Crippen molar-refractivity contribution in [3.05, 3.63) is 35.6 Å². The molecule has 0 aliphatic carbocycles. The van der Waals surface area contributed by atoms with Gasteiger partial charge in [-0.2, -0.15) is 0 Å². The van der Waals surface area contributed by atoms with Crippen molar-refractivity contribution in [3.63, 3.8) is 0 Å². The van der Waals surface area contributed by atoms with Crippen LogP contribution in [0.25, 0.3) is 11.0 Å². The second-order valence-corrected chi connectivity index (χ2v) is 5.21. The Morgan fingerprint density at radius 1 is 1.33 bits per heavy atom. The second kappa shape index (κ2) is 6.43. The zero-order valence-corrected chi connectivity index (χ0v) is 12.2. The molecule has 1 amide bonds. The molecule has 5 nitrogen and oxygen atoms in total. The van der Waals surface area contributed by atoms with Gasteiger partial charge in [0, 0.05) is 23.4 Å². The highest BCUT2D eigenvalue weighted by molar-refractivity contribution is 5.98. The lowest BCUT2D eigenvalue weighted by molar-refractivity contribution is -0.137. The average Bonchev–Trinajstić information content (AvgIpc) is 2.76. The third-order valence-corrected chi connectivity index (χ3v) is 3.46. The highest BCUT2D eigenvalue weighted by atomic mass is 16.4. The molecule has 0 fully saturated rings. The number of furan rings is 1. The number of carbonyl (C=O) groups is 2. The van der Waals surface area contributed by atoms with Gasteiger partial charge in [0.25, 0.3) is 5.91 Å². The molecule has 2 rings (SSSR count). The zero-order chi connectivity index (χ0) is 15.4. The van der Waals surface area contributed by atoms with E-state index in [1.807, 2.05) is 38.1 Å². The molecule has 5 heteroatoms. The number of hydrogen-bond donors (Lipinski definition) is 2. The fraction of sp³-hybridized carbons (Fsp3) is 0.375. The van der Waals surface area contributed by atoms with Gasteiger partial charge in [-0.1, -0.05) is 18.2 Å². The molecule has 0 saturated carbocycles. The van der Waals surface area contributed by atoms with Gasteiger partial charge in [-0.15, -0.1) is 0 Å². The van der Waals surface area contributed by atoms with Gasteiger partial charge in [-0.05, 0) is 32.8 Å². The van der Waals surface area contributed by atoms with Crippen molar-refractivity contribution in [2.45, 2.75) is 39.2 Å². The normalized spacial score (nSPS) is 12.3. The van der Waals surface area contributed by atoms with E-state index < -0.39 is 5.97 Å². The van der Waals surface area contributed by atoms with E-state index in [0.29, 0.717) is 24.2 Å².